The molecule has 40 heavy (non-hydrogen) atoms. The van der Waals surface area contributed by atoms with Crippen LogP contribution in [0.2, 0.25) is 0 Å². The van der Waals surface area contributed by atoms with Crippen LogP contribution >= 0.6 is 0 Å². The molecule has 0 fully saturated rings. The highest BCUT2D eigenvalue weighted by Crippen LogP contribution is 2.50. The standard InChI is InChI=1S/C35H34N3O2/c1-34(2)28-20-18-25-14-9-10-15-27(25)33(28)37(5)31(34)16-11-17-32-35(3,23-24-12-7-6-8-13-24)29-22-26(38(39)40)19-21-30(29)36(32)4/h6-22H,23H2,1-5H3/q+1. The fourth-order valence-electron chi connectivity index (χ4n) is 6.84. The second kappa shape index (κ2) is 9.30. The summed E-state index contributed by atoms with van der Waals surface area (Å²) in [7, 11) is 4.21. The number of non-ortho nitro benzene ring substituents is 1. The van der Waals surface area contributed by atoms with Crippen molar-refractivity contribution in [1.82, 2.24) is 0 Å². The van der Waals surface area contributed by atoms with Gasteiger partial charge in [-0.1, -0.05) is 66.7 Å². The van der Waals surface area contributed by atoms with Crippen LogP contribution in [0, 0.1) is 10.1 Å². The lowest BCUT2D eigenvalue weighted by atomic mass is 9.76. The maximum atomic E-state index is 11.7. The highest BCUT2D eigenvalue weighted by atomic mass is 16.6. The fraction of sp³-hybridized carbons (Fsp3) is 0.229. The smallest absolute Gasteiger partial charge is 0.269 e. The van der Waals surface area contributed by atoms with Crippen LogP contribution in [0.1, 0.15) is 37.5 Å². The monoisotopic (exact) mass is 528 g/mol. The summed E-state index contributed by atoms with van der Waals surface area (Å²) in [5.41, 5.74) is 7.67. The van der Waals surface area contributed by atoms with Gasteiger partial charge in [-0.3, -0.25) is 10.1 Å². The van der Waals surface area contributed by atoms with E-state index >= 15 is 0 Å². The minimum atomic E-state index is -0.428. The molecule has 5 nitrogen and oxygen atoms in total. The number of fused-ring (bicyclic) bond motifs is 4. The molecule has 1 atom stereocenters. The topological polar surface area (TPSA) is 49.4 Å². The van der Waals surface area contributed by atoms with Gasteiger partial charge in [0.2, 0.25) is 5.69 Å². The Morgan fingerprint density at radius 3 is 2.40 bits per heavy atom. The molecule has 6 rings (SSSR count). The van der Waals surface area contributed by atoms with Gasteiger partial charge in [0, 0.05) is 47.6 Å². The molecule has 0 saturated heterocycles. The Kier molecular flexibility index (Phi) is 5.99. The Morgan fingerprint density at radius 2 is 1.65 bits per heavy atom. The van der Waals surface area contributed by atoms with Crippen molar-refractivity contribution in [2.45, 2.75) is 38.0 Å². The molecule has 4 aromatic carbocycles. The first-order valence-corrected chi connectivity index (χ1v) is 13.7. The molecule has 2 aliphatic rings. The van der Waals surface area contributed by atoms with Gasteiger partial charge in [0.05, 0.1) is 15.7 Å². The number of nitrogens with zero attached hydrogens (tertiary/aromatic N) is 3. The number of anilines is 1. The lowest BCUT2D eigenvalue weighted by Gasteiger charge is -2.29. The number of hydrogen-bond acceptors (Lipinski definition) is 3. The molecule has 0 N–H and O–H groups in total. The van der Waals surface area contributed by atoms with Gasteiger partial charge in [0.25, 0.3) is 5.69 Å². The minimum absolute atomic E-state index is 0.123. The molecule has 1 unspecified atom stereocenters. The van der Waals surface area contributed by atoms with E-state index in [4.69, 9.17) is 0 Å². The van der Waals surface area contributed by atoms with Gasteiger partial charge < -0.3 is 4.90 Å². The maximum Gasteiger partial charge on any atom is 0.269 e. The molecule has 5 heteroatoms. The first kappa shape index (κ1) is 25.8. The van der Waals surface area contributed by atoms with Gasteiger partial charge in [-0.2, -0.15) is 4.58 Å². The molecule has 0 aromatic heterocycles. The van der Waals surface area contributed by atoms with E-state index in [0.29, 0.717) is 0 Å². The number of nitro groups is 1. The summed E-state index contributed by atoms with van der Waals surface area (Å²) in [6.45, 7) is 6.77. The quantitative estimate of drug-likeness (QED) is 0.151. The third-order valence-electron chi connectivity index (χ3n) is 8.89. The summed E-state index contributed by atoms with van der Waals surface area (Å²) in [4.78, 5) is 13.6. The summed E-state index contributed by atoms with van der Waals surface area (Å²) >= 11 is 0. The minimum Gasteiger partial charge on any atom is -0.347 e. The Balaban J connectivity index is 1.44. The molecule has 0 bridgehead atoms. The molecule has 0 radical (unpaired) electrons. The molecule has 0 aliphatic carbocycles. The third kappa shape index (κ3) is 3.88. The van der Waals surface area contributed by atoms with Crippen molar-refractivity contribution in [1.29, 1.82) is 0 Å². The van der Waals surface area contributed by atoms with Crippen LogP contribution in [0.5, 0.6) is 0 Å². The zero-order chi connectivity index (χ0) is 28.2. The Hall–Kier alpha value is -4.51. The van der Waals surface area contributed by atoms with E-state index in [9.17, 15) is 10.1 Å². The van der Waals surface area contributed by atoms with Crippen molar-refractivity contribution in [2.75, 3.05) is 19.0 Å². The van der Waals surface area contributed by atoms with Crippen molar-refractivity contribution in [3.8, 4) is 0 Å². The van der Waals surface area contributed by atoms with Crippen LogP contribution in [0.4, 0.5) is 17.1 Å². The highest BCUT2D eigenvalue weighted by molar-refractivity contribution is 6.07. The Morgan fingerprint density at radius 1 is 0.925 bits per heavy atom. The van der Waals surface area contributed by atoms with Gasteiger partial charge in [0.15, 0.2) is 5.71 Å². The predicted octanol–water partition coefficient (Wildman–Crippen LogP) is 7.84. The molecule has 0 saturated carbocycles. The summed E-state index contributed by atoms with van der Waals surface area (Å²) in [6.07, 6.45) is 7.30. The normalized spacial score (nSPS) is 20.5. The van der Waals surface area contributed by atoms with Crippen LogP contribution in [0.15, 0.2) is 109 Å². The molecule has 0 amide bonds. The molecular formula is C35H34N3O2+. The Labute approximate surface area is 235 Å². The van der Waals surface area contributed by atoms with Crippen molar-refractivity contribution in [3.05, 3.63) is 136 Å². The first-order valence-electron chi connectivity index (χ1n) is 13.7. The van der Waals surface area contributed by atoms with E-state index in [1.54, 1.807) is 12.1 Å². The number of rotatable bonds is 5. The van der Waals surface area contributed by atoms with E-state index in [-0.39, 0.29) is 16.0 Å². The number of nitro benzene ring substituents is 1. The second-order valence-corrected chi connectivity index (χ2v) is 11.7. The maximum absolute atomic E-state index is 11.7. The predicted molar refractivity (Wildman–Crippen MR) is 164 cm³/mol. The van der Waals surface area contributed by atoms with Crippen molar-refractivity contribution in [3.63, 3.8) is 0 Å². The average molecular weight is 529 g/mol. The van der Waals surface area contributed by atoms with E-state index in [0.717, 1.165) is 23.4 Å². The van der Waals surface area contributed by atoms with Crippen LogP contribution < -0.4 is 4.90 Å². The third-order valence-corrected chi connectivity index (χ3v) is 8.89. The zero-order valence-electron chi connectivity index (χ0n) is 23.7. The molecule has 4 aromatic rings. The molecule has 200 valence electrons. The number of likely N-dealkylation sites (N-methyl/N-ethyl adjacent to an activating group) is 1. The lowest BCUT2D eigenvalue weighted by molar-refractivity contribution is -0.399. The van der Waals surface area contributed by atoms with Crippen molar-refractivity contribution < 1.29 is 9.50 Å². The molecule has 2 aliphatic heterocycles. The number of benzene rings is 4. The average Bonchev–Trinajstić information content (AvgIpc) is 3.27. The summed E-state index contributed by atoms with van der Waals surface area (Å²) in [5, 5.41) is 14.2. The van der Waals surface area contributed by atoms with E-state index in [2.05, 4.69) is 111 Å². The van der Waals surface area contributed by atoms with Gasteiger partial charge in [0.1, 0.15) is 7.05 Å². The summed E-state index contributed by atoms with van der Waals surface area (Å²) in [5.74, 6) is 0. The van der Waals surface area contributed by atoms with Crippen LogP contribution in [0.25, 0.3) is 10.8 Å². The highest BCUT2D eigenvalue weighted by Gasteiger charge is 2.45. The molecule has 0 spiro atoms. The van der Waals surface area contributed by atoms with Gasteiger partial charge in [-0.05, 0) is 61.9 Å². The number of allylic oxidation sites excluding steroid dienone is 4. The van der Waals surface area contributed by atoms with Crippen LogP contribution in [-0.2, 0) is 17.3 Å². The lowest BCUT2D eigenvalue weighted by Crippen LogP contribution is -2.29. The first-order chi connectivity index (χ1) is 19.1. The van der Waals surface area contributed by atoms with Crippen molar-refractivity contribution in [2.24, 2.45) is 0 Å². The Bertz CT molecular complexity index is 1760. The van der Waals surface area contributed by atoms with E-state index in [1.807, 2.05) is 24.3 Å². The molecular weight excluding hydrogens is 494 g/mol. The van der Waals surface area contributed by atoms with Gasteiger partial charge >= 0.3 is 0 Å². The van der Waals surface area contributed by atoms with E-state index < -0.39 is 5.41 Å². The van der Waals surface area contributed by atoms with Gasteiger partial charge in [-0.15, -0.1) is 0 Å². The van der Waals surface area contributed by atoms with Crippen molar-refractivity contribution >= 4 is 33.5 Å². The van der Waals surface area contributed by atoms with Crippen LogP contribution in [0.3, 0.4) is 0 Å². The fourth-order valence-corrected chi connectivity index (χ4v) is 6.84. The second-order valence-electron chi connectivity index (χ2n) is 11.7. The largest absolute Gasteiger partial charge is 0.347 e. The molecule has 2 heterocycles. The zero-order valence-corrected chi connectivity index (χ0v) is 23.7. The summed E-state index contributed by atoms with van der Waals surface area (Å²) in [6, 6.07) is 28.6. The van der Waals surface area contributed by atoms with Crippen LogP contribution in [-0.4, -0.2) is 29.3 Å². The van der Waals surface area contributed by atoms with Gasteiger partial charge in [-0.25, -0.2) is 0 Å². The number of hydrogen-bond donors (Lipinski definition) is 0. The summed E-state index contributed by atoms with van der Waals surface area (Å²) < 4.78 is 2.33. The van der Waals surface area contributed by atoms with E-state index in [1.165, 1.54) is 33.3 Å². The SMILES string of the molecule is CN1C(=CC=CC2=[N+](C)c3c(ccc4ccccc34)C2(C)C)C(C)(Cc2ccccc2)c2cc([N+](=O)[O-])ccc21.